The maximum Gasteiger partial charge on any atom is 0.317 e. The third-order valence-corrected chi connectivity index (χ3v) is 5.81. The predicted octanol–water partition coefficient (Wildman–Crippen LogP) is 3.41. The summed E-state index contributed by atoms with van der Waals surface area (Å²) in [6.45, 7) is 9.91. The molecule has 0 radical (unpaired) electrons. The lowest BCUT2D eigenvalue weighted by Crippen LogP contribution is -2.52. The van der Waals surface area contributed by atoms with Gasteiger partial charge in [0.05, 0.1) is 0 Å². The zero-order chi connectivity index (χ0) is 20.4. The molecule has 6 heteroatoms. The summed E-state index contributed by atoms with van der Waals surface area (Å²) >= 11 is 0. The van der Waals surface area contributed by atoms with Crippen molar-refractivity contribution < 1.29 is 4.79 Å². The number of hydrogen-bond donors (Lipinski definition) is 1. The van der Waals surface area contributed by atoms with Crippen molar-refractivity contribution in [2.75, 3.05) is 37.6 Å². The molecule has 0 atom stereocenters. The van der Waals surface area contributed by atoms with Gasteiger partial charge in [-0.25, -0.2) is 14.8 Å². The normalized spacial score (nSPS) is 16.8. The molecule has 1 aromatic carbocycles. The number of aryl methyl sites for hydroxylation is 2. The summed E-state index contributed by atoms with van der Waals surface area (Å²) < 4.78 is 0. The summed E-state index contributed by atoms with van der Waals surface area (Å²) in [5, 5.41) is 2.90. The van der Waals surface area contributed by atoms with Crippen molar-refractivity contribution in [1.82, 2.24) is 20.2 Å². The first kappa shape index (κ1) is 19.7. The third-order valence-electron chi connectivity index (χ3n) is 5.81. The molecule has 2 amide bonds. The number of nitrogens with one attached hydrogen (secondary N) is 1. The van der Waals surface area contributed by atoms with E-state index >= 15 is 0 Å². The Balaban J connectivity index is 1.60. The van der Waals surface area contributed by atoms with Crippen LogP contribution >= 0.6 is 0 Å². The molecule has 2 aromatic rings. The molecular weight excluding hydrogens is 362 g/mol. The number of nitrogens with zero attached hydrogens (tertiary/aromatic N) is 4. The maximum atomic E-state index is 12.2. The summed E-state index contributed by atoms with van der Waals surface area (Å²) in [6, 6.07) is 8.70. The highest BCUT2D eigenvalue weighted by Crippen LogP contribution is 2.39. The van der Waals surface area contributed by atoms with Crippen molar-refractivity contribution in [2.45, 2.75) is 46.0 Å². The smallest absolute Gasteiger partial charge is 0.317 e. The molecule has 2 aliphatic rings. The van der Waals surface area contributed by atoms with Gasteiger partial charge in [-0.2, -0.15) is 0 Å². The van der Waals surface area contributed by atoms with Crippen LogP contribution in [0.5, 0.6) is 0 Å². The predicted molar refractivity (Wildman–Crippen MR) is 116 cm³/mol. The Bertz CT molecular complexity index is 885. The number of amides is 2. The Morgan fingerprint density at radius 3 is 2.55 bits per heavy atom. The van der Waals surface area contributed by atoms with Gasteiger partial charge in [0, 0.05) is 56.3 Å². The first-order valence-electron chi connectivity index (χ1n) is 10.8. The van der Waals surface area contributed by atoms with E-state index in [1.165, 1.54) is 29.5 Å². The number of rotatable bonds is 5. The second-order valence-corrected chi connectivity index (χ2v) is 8.22. The number of piperazine rings is 1. The number of urea groups is 1. The highest BCUT2D eigenvalue weighted by atomic mass is 16.2. The molecule has 6 nitrogen and oxygen atoms in total. The molecule has 1 saturated heterocycles. The monoisotopic (exact) mass is 393 g/mol. The van der Waals surface area contributed by atoms with Crippen LogP contribution < -0.4 is 10.2 Å². The van der Waals surface area contributed by atoms with Gasteiger partial charge in [-0.05, 0) is 39.2 Å². The van der Waals surface area contributed by atoms with Crippen LogP contribution in [-0.4, -0.2) is 53.6 Å². The molecule has 154 valence electrons. The minimum Gasteiger partial charge on any atom is -0.353 e. The van der Waals surface area contributed by atoms with Crippen LogP contribution in [0.2, 0.25) is 0 Å². The lowest BCUT2D eigenvalue weighted by molar-refractivity contribution is 0.195. The first-order chi connectivity index (χ1) is 14.0. The standard InChI is InChI=1S/C23H31N5O/c1-4-24-23(29)28-12-10-27(11-13-28)22-20(15-18-7-5-6-16(2)14-18)17(3)25-21(26-22)19-8-9-19/h5-7,14,19H,4,8-13,15H2,1-3H3,(H,24,29). The fourth-order valence-corrected chi connectivity index (χ4v) is 4.01. The summed E-state index contributed by atoms with van der Waals surface area (Å²) in [7, 11) is 0. The van der Waals surface area contributed by atoms with E-state index in [1.807, 2.05) is 11.8 Å². The van der Waals surface area contributed by atoms with Gasteiger partial charge in [-0.15, -0.1) is 0 Å². The van der Waals surface area contributed by atoms with Crippen LogP contribution in [0.1, 0.15) is 53.9 Å². The average Bonchev–Trinajstić information content (AvgIpc) is 3.55. The van der Waals surface area contributed by atoms with Crippen LogP contribution in [0.25, 0.3) is 0 Å². The molecule has 0 spiro atoms. The van der Waals surface area contributed by atoms with Crippen molar-refractivity contribution >= 4 is 11.8 Å². The molecule has 0 bridgehead atoms. The molecule has 1 aliphatic carbocycles. The number of carbonyl (C=O) groups excluding carboxylic acids is 1. The van der Waals surface area contributed by atoms with Crippen LogP contribution in [0, 0.1) is 13.8 Å². The number of carbonyl (C=O) groups is 1. The van der Waals surface area contributed by atoms with Gasteiger partial charge in [-0.3, -0.25) is 0 Å². The lowest BCUT2D eigenvalue weighted by Gasteiger charge is -2.36. The fraction of sp³-hybridized carbons (Fsp3) is 0.522. The molecule has 1 N–H and O–H groups in total. The quantitative estimate of drug-likeness (QED) is 0.846. The van der Waals surface area contributed by atoms with Gasteiger partial charge in [0.15, 0.2) is 0 Å². The second-order valence-electron chi connectivity index (χ2n) is 8.22. The number of aromatic nitrogens is 2. The van der Waals surface area contributed by atoms with E-state index in [0.29, 0.717) is 12.5 Å². The Labute approximate surface area is 173 Å². The molecule has 29 heavy (non-hydrogen) atoms. The van der Waals surface area contributed by atoms with Crippen LogP contribution in [-0.2, 0) is 6.42 Å². The molecule has 1 aliphatic heterocycles. The second kappa shape index (κ2) is 8.39. The number of anilines is 1. The highest BCUT2D eigenvalue weighted by molar-refractivity contribution is 5.74. The molecule has 1 aromatic heterocycles. The molecular formula is C23H31N5O. The third kappa shape index (κ3) is 4.52. The van der Waals surface area contributed by atoms with Crippen LogP contribution in [0.4, 0.5) is 10.6 Å². The average molecular weight is 394 g/mol. The van der Waals surface area contributed by atoms with E-state index in [1.54, 1.807) is 0 Å². The molecule has 1 saturated carbocycles. The number of benzene rings is 1. The SMILES string of the molecule is CCNC(=O)N1CCN(c2nc(C3CC3)nc(C)c2Cc2cccc(C)c2)CC1. The molecule has 4 rings (SSSR count). The van der Waals surface area contributed by atoms with E-state index in [9.17, 15) is 4.79 Å². The van der Waals surface area contributed by atoms with E-state index in [2.05, 4.69) is 48.3 Å². The van der Waals surface area contributed by atoms with E-state index < -0.39 is 0 Å². The summed E-state index contributed by atoms with van der Waals surface area (Å²) in [5.74, 6) is 2.59. The molecule has 2 heterocycles. The minimum atomic E-state index is 0.0321. The van der Waals surface area contributed by atoms with E-state index in [0.717, 1.165) is 49.9 Å². The van der Waals surface area contributed by atoms with Gasteiger partial charge < -0.3 is 15.1 Å². The van der Waals surface area contributed by atoms with Crippen LogP contribution in [0.3, 0.4) is 0 Å². The van der Waals surface area contributed by atoms with Crippen molar-refractivity contribution in [3.05, 3.63) is 52.5 Å². The topological polar surface area (TPSA) is 61.4 Å². The van der Waals surface area contributed by atoms with Crippen molar-refractivity contribution in [3.8, 4) is 0 Å². The van der Waals surface area contributed by atoms with E-state index in [4.69, 9.17) is 9.97 Å². The Kier molecular flexibility index (Phi) is 5.69. The van der Waals surface area contributed by atoms with Crippen molar-refractivity contribution in [2.24, 2.45) is 0 Å². The van der Waals surface area contributed by atoms with Gasteiger partial charge >= 0.3 is 6.03 Å². The summed E-state index contributed by atoms with van der Waals surface area (Å²) in [4.78, 5) is 26.3. The van der Waals surface area contributed by atoms with E-state index in [-0.39, 0.29) is 6.03 Å². The zero-order valence-electron chi connectivity index (χ0n) is 17.7. The summed E-state index contributed by atoms with van der Waals surface area (Å²) in [6.07, 6.45) is 3.23. The van der Waals surface area contributed by atoms with Crippen molar-refractivity contribution in [3.63, 3.8) is 0 Å². The Morgan fingerprint density at radius 2 is 1.90 bits per heavy atom. The Hall–Kier alpha value is -2.63. The molecule has 0 unspecified atom stereocenters. The van der Waals surface area contributed by atoms with Crippen molar-refractivity contribution in [1.29, 1.82) is 0 Å². The Morgan fingerprint density at radius 1 is 1.14 bits per heavy atom. The van der Waals surface area contributed by atoms with Crippen LogP contribution in [0.15, 0.2) is 24.3 Å². The summed E-state index contributed by atoms with van der Waals surface area (Å²) in [5.41, 5.74) is 4.86. The maximum absolute atomic E-state index is 12.2. The fourth-order valence-electron chi connectivity index (χ4n) is 4.01. The lowest BCUT2D eigenvalue weighted by atomic mass is 10.0. The minimum absolute atomic E-state index is 0.0321. The van der Waals surface area contributed by atoms with Gasteiger partial charge in [-0.1, -0.05) is 29.8 Å². The largest absolute Gasteiger partial charge is 0.353 e. The zero-order valence-corrected chi connectivity index (χ0v) is 17.7. The van der Waals surface area contributed by atoms with Gasteiger partial charge in [0.2, 0.25) is 0 Å². The molecule has 2 fully saturated rings. The van der Waals surface area contributed by atoms with Gasteiger partial charge in [0.25, 0.3) is 0 Å². The van der Waals surface area contributed by atoms with Gasteiger partial charge in [0.1, 0.15) is 11.6 Å². The first-order valence-corrected chi connectivity index (χ1v) is 10.8. The highest BCUT2D eigenvalue weighted by Gasteiger charge is 2.30. The number of hydrogen-bond acceptors (Lipinski definition) is 4.